The minimum absolute atomic E-state index is 0.0281. The van der Waals surface area contributed by atoms with Gasteiger partial charge in [-0.3, -0.25) is 14.8 Å². The summed E-state index contributed by atoms with van der Waals surface area (Å²) in [4.78, 5) is 34.2. The SMILES string of the molecule is C=CC(=O)N1CCC(c2c[nH]c3ncnc(Nc4ccc(Oc5ccnc(C(N)=CC=NC)c5)c(Cl)c4)c23)CC1. The molecular formula is C29H29ClN8O2. The van der Waals surface area contributed by atoms with E-state index in [1.54, 1.807) is 49.8 Å². The van der Waals surface area contributed by atoms with E-state index in [2.05, 4.69) is 36.8 Å². The molecule has 0 spiro atoms. The molecule has 0 atom stereocenters. The van der Waals surface area contributed by atoms with Crippen LogP contribution in [0.5, 0.6) is 11.5 Å². The number of allylic oxidation sites excluding steroid dienone is 1. The first-order valence-corrected chi connectivity index (χ1v) is 13.2. The van der Waals surface area contributed by atoms with E-state index in [1.165, 1.54) is 12.4 Å². The number of ether oxygens (including phenoxy) is 1. The zero-order valence-corrected chi connectivity index (χ0v) is 22.7. The number of pyridine rings is 1. The van der Waals surface area contributed by atoms with Crippen LogP contribution in [0.2, 0.25) is 5.02 Å². The van der Waals surface area contributed by atoms with Crippen LogP contribution in [0, 0.1) is 0 Å². The Morgan fingerprint density at radius 3 is 2.83 bits per heavy atom. The summed E-state index contributed by atoms with van der Waals surface area (Å²) in [5, 5.41) is 4.74. The monoisotopic (exact) mass is 556 g/mol. The second-order valence-electron chi connectivity index (χ2n) is 9.27. The lowest BCUT2D eigenvalue weighted by molar-refractivity contribution is -0.127. The van der Waals surface area contributed by atoms with Gasteiger partial charge in [0.1, 0.15) is 29.3 Å². The summed E-state index contributed by atoms with van der Waals surface area (Å²) in [6, 6.07) is 8.91. The quantitative estimate of drug-likeness (QED) is 0.194. The van der Waals surface area contributed by atoms with Crippen molar-refractivity contribution in [3.05, 3.63) is 84.1 Å². The molecule has 4 N–H and O–H groups in total. The van der Waals surface area contributed by atoms with Gasteiger partial charge in [-0.15, -0.1) is 0 Å². The van der Waals surface area contributed by atoms with E-state index in [4.69, 9.17) is 22.1 Å². The van der Waals surface area contributed by atoms with E-state index in [1.807, 2.05) is 17.2 Å². The second-order valence-corrected chi connectivity index (χ2v) is 9.68. The van der Waals surface area contributed by atoms with Gasteiger partial charge in [-0.2, -0.15) is 0 Å². The number of nitrogens with one attached hydrogen (secondary N) is 2. The lowest BCUT2D eigenvalue weighted by Crippen LogP contribution is -2.36. The number of anilines is 2. The van der Waals surface area contributed by atoms with Crippen molar-refractivity contribution >= 4 is 52.0 Å². The van der Waals surface area contributed by atoms with E-state index in [9.17, 15) is 4.79 Å². The maximum Gasteiger partial charge on any atom is 0.245 e. The van der Waals surface area contributed by atoms with Crippen molar-refractivity contribution in [3.8, 4) is 11.5 Å². The third kappa shape index (κ3) is 5.81. The Morgan fingerprint density at radius 1 is 1.25 bits per heavy atom. The van der Waals surface area contributed by atoms with Crippen LogP contribution < -0.4 is 15.8 Å². The van der Waals surface area contributed by atoms with Gasteiger partial charge in [-0.1, -0.05) is 18.2 Å². The van der Waals surface area contributed by atoms with Gasteiger partial charge in [0, 0.05) is 50.5 Å². The first-order valence-electron chi connectivity index (χ1n) is 12.8. The number of likely N-dealkylation sites (tertiary alicyclic amines) is 1. The average molecular weight is 557 g/mol. The smallest absolute Gasteiger partial charge is 0.245 e. The predicted octanol–water partition coefficient (Wildman–Crippen LogP) is 5.43. The van der Waals surface area contributed by atoms with Crippen LogP contribution in [-0.2, 0) is 4.79 Å². The van der Waals surface area contributed by atoms with E-state index in [-0.39, 0.29) is 11.8 Å². The molecule has 1 aliphatic rings. The Balaban J connectivity index is 1.34. The number of aliphatic imine (C=N–C) groups is 1. The number of aromatic nitrogens is 4. The van der Waals surface area contributed by atoms with Gasteiger partial charge in [0.15, 0.2) is 0 Å². The average Bonchev–Trinajstić information content (AvgIpc) is 3.42. The van der Waals surface area contributed by atoms with Gasteiger partial charge in [0.05, 0.1) is 21.8 Å². The number of nitrogens with zero attached hydrogens (tertiary/aromatic N) is 5. The lowest BCUT2D eigenvalue weighted by Gasteiger charge is -2.31. The van der Waals surface area contributed by atoms with Gasteiger partial charge < -0.3 is 25.7 Å². The molecule has 5 rings (SSSR count). The fourth-order valence-corrected chi connectivity index (χ4v) is 4.96. The van der Waals surface area contributed by atoms with E-state index < -0.39 is 0 Å². The zero-order valence-electron chi connectivity index (χ0n) is 22.0. The minimum atomic E-state index is -0.0281. The zero-order chi connectivity index (χ0) is 28.1. The lowest BCUT2D eigenvalue weighted by atomic mass is 9.89. The molecule has 1 fully saturated rings. The molecule has 40 heavy (non-hydrogen) atoms. The molecule has 1 amide bonds. The van der Waals surface area contributed by atoms with Crippen LogP contribution in [-0.4, -0.2) is 57.1 Å². The van der Waals surface area contributed by atoms with E-state index >= 15 is 0 Å². The van der Waals surface area contributed by atoms with E-state index in [0.29, 0.717) is 46.8 Å². The molecule has 1 aliphatic heterocycles. The third-order valence-electron chi connectivity index (χ3n) is 6.77. The number of nitrogens with two attached hydrogens (primary N) is 1. The Bertz CT molecular complexity index is 1600. The number of carbonyl (C=O) groups excluding carboxylic acids is 1. The molecule has 0 radical (unpaired) electrons. The molecule has 204 valence electrons. The number of hydrogen-bond acceptors (Lipinski definition) is 8. The number of H-pyrrole nitrogens is 1. The Morgan fingerprint density at radius 2 is 2.08 bits per heavy atom. The van der Waals surface area contributed by atoms with Crippen LogP contribution in [0.25, 0.3) is 16.7 Å². The molecular weight excluding hydrogens is 528 g/mol. The highest BCUT2D eigenvalue weighted by Crippen LogP contribution is 2.37. The summed E-state index contributed by atoms with van der Waals surface area (Å²) in [6.45, 7) is 4.97. The van der Waals surface area contributed by atoms with E-state index in [0.717, 1.165) is 35.1 Å². The van der Waals surface area contributed by atoms with Crippen LogP contribution in [0.15, 0.2) is 72.8 Å². The van der Waals surface area contributed by atoms with Gasteiger partial charge in [-0.05, 0) is 60.7 Å². The molecule has 4 heterocycles. The number of benzene rings is 1. The first kappa shape index (κ1) is 26.9. The van der Waals surface area contributed by atoms with Gasteiger partial charge in [0.25, 0.3) is 0 Å². The molecule has 3 aromatic heterocycles. The number of amides is 1. The summed E-state index contributed by atoms with van der Waals surface area (Å²) < 4.78 is 6.02. The normalized spacial score (nSPS) is 14.6. The summed E-state index contributed by atoms with van der Waals surface area (Å²) in [6.07, 6.45) is 11.5. The van der Waals surface area contributed by atoms with Crippen LogP contribution >= 0.6 is 11.6 Å². The fraction of sp³-hybridized carbons (Fsp3) is 0.207. The van der Waals surface area contributed by atoms with Crippen molar-refractivity contribution in [1.29, 1.82) is 0 Å². The number of carbonyl (C=O) groups is 1. The molecule has 4 aromatic rings. The van der Waals surface area contributed by atoms with Gasteiger partial charge in [-0.25, -0.2) is 9.97 Å². The Hall–Kier alpha value is -4.70. The van der Waals surface area contributed by atoms with Crippen molar-refractivity contribution in [2.75, 3.05) is 25.5 Å². The molecule has 0 unspecified atom stereocenters. The van der Waals surface area contributed by atoms with Crippen molar-refractivity contribution < 1.29 is 9.53 Å². The topological polar surface area (TPSA) is 134 Å². The summed E-state index contributed by atoms with van der Waals surface area (Å²) >= 11 is 6.61. The highest BCUT2D eigenvalue weighted by atomic mass is 35.5. The van der Waals surface area contributed by atoms with Crippen LogP contribution in [0.3, 0.4) is 0 Å². The molecule has 1 aromatic carbocycles. The number of rotatable bonds is 8. The van der Waals surface area contributed by atoms with Gasteiger partial charge in [0.2, 0.25) is 5.91 Å². The maximum absolute atomic E-state index is 12.0. The van der Waals surface area contributed by atoms with Crippen molar-refractivity contribution in [2.24, 2.45) is 10.7 Å². The highest BCUT2D eigenvalue weighted by Gasteiger charge is 2.26. The highest BCUT2D eigenvalue weighted by molar-refractivity contribution is 6.32. The molecule has 11 heteroatoms. The number of fused-ring (bicyclic) bond motifs is 1. The van der Waals surface area contributed by atoms with Crippen LogP contribution in [0.1, 0.15) is 30.0 Å². The number of aromatic amines is 1. The minimum Gasteiger partial charge on any atom is -0.456 e. The molecule has 0 saturated carbocycles. The molecule has 1 saturated heterocycles. The standard InChI is InChI=1S/C29H29ClN8O2/c1-3-26(39)38-12-8-18(9-13-38)21-16-34-28-27(21)29(36-17-35-28)37-19-4-5-25(22(30)14-19)40-20-6-11-33-24(15-20)23(31)7-10-32-2/h3-7,10-11,14-18H,1,8-9,12-13,31H2,2H3,(H2,34,35,36,37). The largest absolute Gasteiger partial charge is 0.456 e. The van der Waals surface area contributed by atoms with Crippen molar-refractivity contribution in [2.45, 2.75) is 18.8 Å². The predicted molar refractivity (Wildman–Crippen MR) is 158 cm³/mol. The number of halogens is 1. The summed E-state index contributed by atoms with van der Waals surface area (Å²) in [5.74, 6) is 1.95. The summed E-state index contributed by atoms with van der Waals surface area (Å²) in [7, 11) is 1.67. The fourth-order valence-electron chi connectivity index (χ4n) is 4.74. The number of piperidine rings is 1. The molecule has 0 aliphatic carbocycles. The maximum atomic E-state index is 12.0. The molecule has 0 bridgehead atoms. The van der Waals surface area contributed by atoms with Crippen LogP contribution in [0.4, 0.5) is 11.5 Å². The first-order chi connectivity index (χ1) is 19.5. The summed E-state index contributed by atoms with van der Waals surface area (Å²) in [5.41, 5.74) is 9.73. The van der Waals surface area contributed by atoms with Gasteiger partial charge >= 0.3 is 0 Å². The van der Waals surface area contributed by atoms with Crippen molar-refractivity contribution in [3.63, 3.8) is 0 Å². The number of hydrogen-bond donors (Lipinski definition) is 3. The third-order valence-corrected chi connectivity index (χ3v) is 7.07. The Labute approximate surface area is 236 Å². The Kier molecular flexibility index (Phi) is 8.07. The molecule has 10 nitrogen and oxygen atoms in total. The van der Waals surface area contributed by atoms with Crippen molar-refractivity contribution in [1.82, 2.24) is 24.8 Å². The second kappa shape index (κ2) is 12.0.